The van der Waals surface area contributed by atoms with E-state index in [-0.39, 0.29) is 5.69 Å². The third-order valence-electron chi connectivity index (χ3n) is 3.10. The molecular formula is C15H16BrN3O2. The van der Waals surface area contributed by atoms with Crippen LogP contribution in [0.3, 0.4) is 0 Å². The van der Waals surface area contributed by atoms with Crippen molar-refractivity contribution in [2.75, 3.05) is 18.0 Å². The van der Waals surface area contributed by atoms with E-state index in [4.69, 9.17) is 5.73 Å². The van der Waals surface area contributed by atoms with E-state index >= 15 is 0 Å². The summed E-state index contributed by atoms with van der Waals surface area (Å²) in [5, 5.41) is 10.8. The summed E-state index contributed by atoms with van der Waals surface area (Å²) in [6.07, 6.45) is 0. The number of nitrogens with zero attached hydrogens (tertiary/aromatic N) is 2. The molecule has 0 heterocycles. The van der Waals surface area contributed by atoms with Gasteiger partial charge in [-0.1, -0.05) is 30.3 Å². The molecule has 0 aliphatic heterocycles. The predicted octanol–water partition coefficient (Wildman–Crippen LogP) is 3.32. The van der Waals surface area contributed by atoms with Crippen LogP contribution >= 0.6 is 15.9 Å². The summed E-state index contributed by atoms with van der Waals surface area (Å²) in [5.74, 6) is 0. The van der Waals surface area contributed by atoms with Crippen LogP contribution < -0.4 is 10.6 Å². The van der Waals surface area contributed by atoms with Crippen molar-refractivity contribution in [3.63, 3.8) is 0 Å². The summed E-state index contributed by atoms with van der Waals surface area (Å²) < 4.78 is 0.695. The zero-order valence-corrected chi connectivity index (χ0v) is 13.0. The molecular weight excluding hydrogens is 334 g/mol. The second-order valence-electron chi connectivity index (χ2n) is 4.59. The van der Waals surface area contributed by atoms with E-state index in [0.717, 1.165) is 11.3 Å². The molecule has 2 aromatic carbocycles. The first-order valence-corrected chi connectivity index (χ1v) is 7.34. The van der Waals surface area contributed by atoms with Gasteiger partial charge in [0.2, 0.25) is 0 Å². The van der Waals surface area contributed by atoms with Gasteiger partial charge in [-0.05, 0) is 27.6 Å². The fraction of sp³-hybridized carbons (Fsp3) is 0.200. The predicted molar refractivity (Wildman–Crippen MR) is 87.3 cm³/mol. The van der Waals surface area contributed by atoms with E-state index in [0.29, 0.717) is 24.1 Å². The second-order valence-corrected chi connectivity index (χ2v) is 5.44. The third kappa shape index (κ3) is 4.03. The van der Waals surface area contributed by atoms with Gasteiger partial charge in [-0.25, -0.2) is 0 Å². The van der Waals surface area contributed by atoms with Crippen LogP contribution in [-0.4, -0.2) is 18.0 Å². The lowest BCUT2D eigenvalue weighted by Crippen LogP contribution is -2.29. The molecule has 2 rings (SSSR count). The molecule has 21 heavy (non-hydrogen) atoms. The maximum atomic E-state index is 10.8. The molecule has 0 aromatic heterocycles. The largest absolute Gasteiger partial charge is 0.365 e. The summed E-state index contributed by atoms with van der Waals surface area (Å²) in [6, 6.07) is 14.8. The van der Waals surface area contributed by atoms with Crippen LogP contribution in [-0.2, 0) is 6.54 Å². The van der Waals surface area contributed by atoms with Gasteiger partial charge in [0.1, 0.15) is 0 Å². The average molecular weight is 350 g/mol. The van der Waals surface area contributed by atoms with Gasteiger partial charge in [0, 0.05) is 36.2 Å². The maximum Gasteiger partial charge on any atom is 0.270 e. The van der Waals surface area contributed by atoms with Crippen molar-refractivity contribution in [3.8, 4) is 0 Å². The molecule has 2 aromatic rings. The highest BCUT2D eigenvalue weighted by Gasteiger charge is 2.14. The number of hydrogen-bond donors (Lipinski definition) is 1. The highest BCUT2D eigenvalue weighted by atomic mass is 79.9. The Bertz CT molecular complexity index is 620. The van der Waals surface area contributed by atoms with Crippen molar-refractivity contribution in [3.05, 3.63) is 68.7 Å². The number of rotatable bonds is 6. The van der Waals surface area contributed by atoms with Crippen molar-refractivity contribution < 1.29 is 4.92 Å². The minimum Gasteiger partial charge on any atom is -0.365 e. The number of non-ortho nitro benzene ring substituents is 1. The normalized spacial score (nSPS) is 10.4. The molecule has 0 aliphatic rings. The average Bonchev–Trinajstić information content (AvgIpc) is 2.48. The first-order chi connectivity index (χ1) is 10.1. The number of anilines is 1. The molecule has 6 heteroatoms. The lowest BCUT2D eigenvalue weighted by molar-refractivity contribution is -0.384. The van der Waals surface area contributed by atoms with Crippen LogP contribution in [0.4, 0.5) is 11.4 Å². The summed E-state index contributed by atoms with van der Waals surface area (Å²) in [5.41, 5.74) is 7.81. The fourth-order valence-corrected chi connectivity index (χ4v) is 2.73. The standard InChI is InChI=1S/C15H16BrN3O2/c16-14-10-13(19(20)21)6-7-15(14)18(9-8-17)11-12-4-2-1-3-5-12/h1-7,10H,8-9,11,17H2. The van der Waals surface area contributed by atoms with Gasteiger partial charge >= 0.3 is 0 Å². The Hall–Kier alpha value is -1.92. The minimum absolute atomic E-state index is 0.0676. The zero-order chi connectivity index (χ0) is 15.2. The highest BCUT2D eigenvalue weighted by molar-refractivity contribution is 9.10. The highest BCUT2D eigenvalue weighted by Crippen LogP contribution is 2.31. The lowest BCUT2D eigenvalue weighted by Gasteiger charge is -2.25. The van der Waals surface area contributed by atoms with Crippen molar-refractivity contribution in [1.29, 1.82) is 0 Å². The van der Waals surface area contributed by atoms with E-state index < -0.39 is 4.92 Å². The number of benzene rings is 2. The van der Waals surface area contributed by atoms with Crippen molar-refractivity contribution >= 4 is 27.3 Å². The Morgan fingerprint density at radius 1 is 1.19 bits per heavy atom. The van der Waals surface area contributed by atoms with E-state index in [1.165, 1.54) is 12.1 Å². The first-order valence-electron chi connectivity index (χ1n) is 6.54. The van der Waals surface area contributed by atoms with Crippen LogP contribution in [0.1, 0.15) is 5.56 Å². The molecule has 0 fully saturated rings. The number of nitro groups is 1. The summed E-state index contributed by atoms with van der Waals surface area (Å²) in [4.78, 5) is 12.5. The van der Waals surface area contributed by atoms with Gasteiger partial charge in [-0.15, -0.1) is 0 Å². The molecule has 0 unspecified atom stereocenters. The monoisotopic (exact) mass is 349 g/mol. The van der Waals surface area contributed by atoms with E-state index in [1.54, 1.807) is 6.07 Å². The molecule has 0 saturated heterocycles. The fourth-order valence-electron chi connectivity index (χ4n) is 2.11. The van der Waals surface area contributed by atoms with E-state index in [1.807, 2.05) is 30.3 Å². The van der Waals surface area contributed by atoms with Gasteiger partial charge < -0.3 is 10.6 Å². The molecule has 0 aliphatic carbocycles. The Labute approximate surface area is 131 Å². The number of nitrogens with two attached hydrogens (primary N) is 1. The topological polar surface area (TPSA) is 72.4 Å². The van der Waals surface area contributed by atoms with E-state index in [2.05, 4.69) is 20.8 Å². The van der Waals surface area contributed by atoms with Crippen molar-refractivity contribution in [1.82, 2.24) is 0 Å². The van der Waals surface area contributed by atoms with Crippen molar-refractivity contribution in [2.24, 2.45) is 5.73 Å². The summed E-state index contributed by atoms with van der Waals surface area (Å²) in [6.45, 7) is 1.88. The number of hydrogen-bond acceptors (Lipinski definition) is 4. The van der Waals surface area contributed by atoms with Gasteiger partial charge in [0.05, 0.1) is 10.6 Å². The quantitative estimate of drug-likeness (QED) is 0.641. The molecule has 2 N–H and O–H groups in total. The molecule has 0 atom stereocenters. The van der Waals surface area contributed by atoms with Crippen LogP contribution in [0.15, 0.2) is 53.0 Å². The molecule has 0 radical (unpaired) electrons. The third-order valence-corrected chi connectivity index (χ3v) is 3.73. The van der Waals surface area contributed by atoms with Gasteiger partial charge in [-0.2, -0.15) is 0 Å². The van der Waals surface area contributed by atoms with Crippen LogP contribution in [0.25, 0.3) is 0 Å². The Morgan fingerprint density at radius 2 is 1.90 bits per heavy atom. The number of halogens is 1. The molecule has 0 saturated carbocycles. The minimum atomic E-state index is -0.404. The second kappa shape index (κ2) is 7.19. The molecule has 0 spiro atoms. The number of nitro benzene ring substituents is 1. The Kier molecular flexibility index (Phi) is 5.30. The summed E-state index contributed by atoms with van der Waals surface area (Å²) in [7, 11) is 0. The van der Waals surface area contributed by atoms with E-state index in [9.17, 15) is 10.1 Å². The molecule has 5 nitrogen and oxygen atoms in total. The molecule has 0 bridgehead atoms. The maximum absolute atomic E-state index is 10.8. The Morgan fingerprint density at radius 3 is 2.48 bits per heavy atom. The van der Waals surface area contributed by atoms with Crippen molar-refractivity contribution in [2.45, 2.75) is 6.54 Å². The molecule has 0 amide bonds. The SMILES string of the molecule is NCCN(Cc1ccccc1)c1ccc([N+](=O)[O-])cc1Br. The first kappa shape index (κ1) is 15.5. The Balaban J connectivity index is 2.27. The smallest absolute Gasteiger partial charge is 0.270 e. The molecule has 110 valence electrons. The van der Waals surface area contributed by atoms with Crippen LogP contribution in [0, 0.1) is 10.1 Å². The van der Waals surface area contributed by atoms with Gasteiger partial charge in [0.15, 0.2) is 0 Å². The lowest BCUT2D eigenvalue weighted by atomic mass is 10.2. The van der Waals surface area contributed by atoms with Crippen LogP contribution in [0.2, 0.25) is 0 Å². The summed E-state index contributed by atoms with van der Waals surface area (Å²) >= 11 is 3.41. The van der Waals surface area contributed by atoms with Crippen LogP contribution in [0.5, 0.6) is 0 Å². The van der Waals surface area contributed by atoms with Gasteiger partial charge in [-0.3, -0.25) is 10.1 Å². The van der Waals surface area contributed by atoms with Gasteiger partial charge in [0.25, 0.3) is 5.69 Å². The zero-order valence-electron chi connectivity index (χ0n) is 11.4.